The van der Waals surface area contributed by atoms with Gasteiger partial charge in [0.15, 0.2) is 5.16 Å². The molecule has 0 aliphatic carbocycles. The lowest BCUT2D eigenvalue weighted by Gasteiger charge is -2.08. The van der Waals surface area contributed by atoms with Crippen LogP contribution in [0, 0.1) is 0 Å². The molecule has 0 atom stereocenters. The quantitative estimate of drug-likeness (QED) is 0.849. The van der Waals surface area contributed by atoms with Crippen LogP contribution >= 0.6 is 35.0 Å². The smallest absolute Gasteiger partial charge is 0.322 e. The molecule has 0 aliphatic rings. The Labute approximate surface area is 125 Å². The van der Waals surface area contributed by atoms with Gasteiger partial charge >= 0.3 is 6.01 Å². The van der Waals surface area contributed by atoms with Crippen LogP contribution in [-0.4, -0.2) is 21.1 Å². The first-order chi connectivity index (χ1) is 9.02. The summed E-state index contributed by atoms with van der Waals surface area (Å²) in [6.07, 6.45) is -0.0255. The van der Waals surface area contributed by atoms with Crippen molar-refractivity contribution in [3.05, 3.63) is 34.6 Å². The van der Waals surface area contributed by atoms with E-state index >= 15 is 0 Å². The summed E-state index contributed by atoms with van der Waals surface area (Å²) >= 11 is 13.1. The summed E-state index contributed by atoms with van der Waals surface area (Å²) in [6.45, 7) is 3.78. The molecule has 0 radical (unpaired) electrons. The molecule has 0 saturated heterocycles. The van der Waals surface area contributed by atoms with Crippen LogP contribution in [-0.2, 0) is 0 Å². The Bertz CT molecular complexity index is 581. The monoisotopic (exact) mass is 315 g/mol. The Hall–Kier alpha value is -1.04. The van der Waals surface area contributed by atoms with E-state index < -0.39 is 0 Å². The van der Waals surface area contributed by atoms with Crippen molar-refractivity contribution in [2.24, 2.45) is 0 Å². The summed E-state index contributed by atoms with van der Waals surface area (Å²) in [5.41, 5.74) is 0. The van der Waals surface area contributed by atoms with Gasteiger partial charge < -0.3 is 4.74 Å². The SMILES string of the molecule is CC(C)Oc1nc(Cl)nc(Sc2cccc(Cl)c2)n1. The maximum atomic E-state index is 5.93. The Kier molecular flexibility index (Phi) is 4.85. The van der Waals surface area contributed by atoms with Gasteiger partial charge in [0.25, 0.3) is 0 Å². The largest absolute Gasteiger partial charge is 0.461 e. The third kappa shape index (κ3) is 4.53. The number of nitrogens with zero attached hydrogens (tertiary/aromatic N) is 3. The molecular formula is C12H11Cl2N3OS. The molecule has 19 heavy (non-hydrogen) atoms. The molecule has 1 aromatic carbocycles. The standard InChI is InChI=1S/C12H11Cl2N3OS/c1-7(2)18-11-15-10(14)16-12(17-11)19-9-5-3-4-8(13)6-9/h3-7H,1-2H3. The topological polar surface area (TPSA) is 47.9 Å². The highest BCUT2D eigenvalue weighted by atomic mass is 35.5. The van der Waals surface area contributed by atoms with E-state index in [-0.39, 0.29) is 17.4 Å². The van der Waals surface area contributed by atoms with Crippen LogP contribution in [0.25, 0.3) is 0 Å². The number of hydrogen-bond acceptors (Lipinski definition) is 5. The molecule has 2 aromatic rings. The first kappa shape index (κ1) is 14.4. The van der Waals surface area contributed by atoms with E-state index in [0.717, 1.165) is 4.90 Å². The fraction of sp³-hybridized carbons (Fsp3) is 0.250. The molecule has 0 N–H and O–H groups in total. The molecule has 0 unspecified atom stereocenters. The Morgan fingerprint density at radius 3 is 2.63 bits per heavy atom. The van der Waals surface area contributed by atoms with E-state index in [1.54, 1.807) is 6.07 Å². The van der Waals surface area contributed by atoms with Crippen molar-refractivity contribution in [2.45, 2.75) is 30.0 Å². The maximum absolute atomic E-state index is 5.93. The third-order valence-corrected chi connectivity index (χ3v) is 3.17. The molecule has 0 spiro atoms. The number of benzene rings is 1. The van der Waals surface area contributed by atoms with E-state index in [1.165, 1.54) is 11.8 Å². The zero-order valence-corrected chi connectivity index (χ0v) is 12.6. The predicted octanol–water partition coefficient (Wildman–Crippen LogP) is 4.12. The minimum Gasteiger partial charge on any atom is -0.461 e. The number of aromatic nitrogens is 3. The summed E-state index contributed by atoms with van der Waals surface area (Å²) < 4.78 is 5.41. The fourth-order valence-corrected chi connectivity index (χ4v) is 2.52. The highest BCUT2D eigenvalue weighted by Crippen LogP contribution is 2.28. The summed E-state index contributed by atoms with van der Waals surface area (Å²) in [5.74, 6) is 0. The average Bonchev–Trinajstić information content (AvgIpc) is 2.26. The van der Waals surface area contributed by atoms with E-state index in [2.05, 4.69) is 15.0 Å². The molecule has 100 valence electrons. The average molecular weight is 316 g/mol. The lowest BCUT2D eigenvalue weighted by molar-refractivity contribution is 0.219. The molecule has 1 heterocycles. The summed E-state index contributed by atoms with van der Waals surface area (Å²) in [7, 11) is 0. The van der Waals surface area contributed by atoms with E-state index in [4.69, 9.17) is 27.9 Å². The van der Waals surface area contributed by atoms with Gasteiger partial charge in [-0.1, -0.05) is 17.7 Å². The molecule has 0 bridgehead atoms. The van der Waals surface area contributed by atoms with Crippen LogP contribution in [0.4, 0.5) is 0 Å². The van der Waals surface area contributed by atoms with Gasteiger partial charge in [0.1, 0.15) is 0 Å². The molecule has 4 nitrogen and oxygen atoms in total. The van der Waals surface area contributed by atoms with Crippen molar-refractivity contribution in [2.75, 3.05) is 0 Å². The van der Waals surface area contributed by atoms with Gasteiger partial charge in [-0.05, 0) is 55.4 Å². The number of rotatable bonds is 4. The second-order valence-corrected chi connectivity index (χ2v) is 5.71. The second kappa shape index (κ2) is 6.41. The van der Waals surface area contributed by atoms with Crippen LogP contribution in [0.3, 0.4) is 0 Å². The van der Waals surface area contributed by atoms with Gasteiger partial charge in [0.05, 0.1) is 6.10 Å². The lowest BCUT2D eigenvalue weighted by atomic mass is 10.4. The summed E-state index contributed by atoms with van der Waals surface area (Å²) in [5, 5.41) is 1.23. The first-order valence-corrected chi connectivity index (χ1v) is 7.12. The van der Waals surface area contributed by atoms with E-state index in [1.807, 2.05) is 32.0 Å². The number of halogens is 2. The maximum Gasteiger partial charge on any atom is 0.322 e. The van der Waals surface area contributed by atoms with Gasteiger partial charge in [-0.2, -0.15) is 15.0 Å². The van der Waals surface area contributed by atoms with Gasteiger partial charge in [-0.15, -0.1) is 0 Å². The second-order valence-electron chi connectivity index (χ2n) is 3.90. The van der Waals surface area contributed by atoms with E-state index in [9.17, 15) is 0 Å². The fourth-order valence-electron chi connectivity index (χ4n) is 1.26. The van der Waals surface area contributed by atoms with Crippen LogP contribution in [0.15, 0.2) is 34.3 Å². The van der Waals surface area contributed by atoms with Crippen LogP contribution in [0.1, 0.15) is 13.8 Å². The van der Waals surface area contributed by atoms with Gasteiger partial charge in [-0.3, -0.25) is 0 Å². The number of ether oxygens (including phenoxy) is 1. The van der Waals surface area contributed by atoms with Crippen molar-refractivity contribution in [1.29, 1.82) is 0 Å². The molecule has 0 aliphatic heterocycles. The Morgan fingerprint density at radius 2 is 1.95 bits per heavy atom. The first-order valence-electron chi connectivity index (χ1n) is 5.54. The van der Waals surface area contributed by atoms with Crippen molar-refractivity contribution in [1.82, 2.24) is 15.0 Å². The zero-order valence-electron chi connectivity index (χ0n) is 10.3. The zero-order chi connectivity index (χ0) is 13.8. The van der Waals surface area contributed by atoms with Crippen LogP contribution < -0.4 is 4.74 Å². The molecule has 0 amide bonds. The minimum atomic E-state index is -0.0255. The predicted molar refractivity (Wildman–Crippen MR) is 76.2 cm³/mol. The lowest BCUT2D eigenvalue weighted by Crippen LogP contribution is -2.09. The Balaban J connectivity index is 2.22. The number of hydrogen-bond donors (Lipinski definition) is 0. The summed E-state index contributed by atoms with van der Waals surface area (Å²) in [4.78, 5) is 13.1. The molecular weight excluding hydrogens is 305 g/mol. The molecule has 0 saturated carbocycles. The van der Waals surface area contributed by atoms with Crippen molar-refractivity contribution < 1.29 is 4.74 Å². The molecule has 7 heteroatoms. The van der Waals surface area contributed by atoms with Crippen molar-refractivity contribution >= 4 is 35.0 Å². The van der Waals surface area contributed by atoms with Gasteiger partial charge in [0, 0.05) is 9.92 Å². The highest BCUT2D eigenvalue weighted by molar-refractivity contribution is 7.99. The molecule has 1 aromatic heterocycles. The minimum absolute atomic E-state index is 0.0255. The van der Waals surface area contributed by atoms with Gasteiger partial charge in [-0.25, -0.2) is 0 Å². The van der Waals surface area contributed by atoms with Crippen molar-refractivity contribution in [3.63, 3.8) is 0 Å². The highest BCUT2D eigenvalue weighted by Gasteiger charge is 2.09. The third-order valence-electron chi connectivity index (χ3n) is 1.91. The van der Waals surface area contributed by atoms with Crippen molar-refractivity contribution in [3.8, 4) is 6.01 Å². The van der Waals surface area contributed by atoms with Gasteiger partial charge in [0.2, 0.25) is 5.28 Å². The van der Waals surface area contributed by atoms with Crippen LogP contribution in [0.2, 0.25) is 10.3 Å². The molecule has 2 rings (SSSR count). The molecule has 0 fully saturated rings. The Morgan fingerprint density at radius 1 is 1.16 bits per heavy atom. The normalized spacial score (nSPS) is 10.8. The van der Waals surface area contributed by atoms with E-state index in [0.29, 0.717) is 10.2 Å². The van der Waals surface area contributed by atoms with Crippen LogP contribution in [0.5, 0.6) is 6.01 Å². The summed E-state index contributed by atoms with van der Waals surface area (Å²) in [6, 6.07) is 7.63.